The molecule has 1 aromatic carbocycles. The Kier molecular flexibility index (Phi) is 7.66. The standard InChI is InChI=1S/C15H23NO3/c1-18-14-9-7-13(8-10-14)12-19-15(17)6-4-2-3-5-11-16/h7-10H,2-6,11-12,16H2,1H3. The van der Waals surface area contributed by atoms with Crippen LogP contribution in [-0.2, 0) is 16.1 Å². The maximum Gasteiger partial charge on any atom is 0.306 e. The van der Waals surface area contributed by atoms with Gasteiger partial charge in [0.1, 0.15) is 12.4 Å². The molecule has 0 saturated carbocycles. The molecule has 0 aliphatic heterocycles. The average molecular weight is 265 g/mol. The van der Waals surface area contributed by atoms with Crippen molar-refractivity contribution in [3.05, 3.63) is 29.8 Å². The molecule has 0 unspecified atom stereocenters. The Morgan fingerprint density at radius 3 is 2.42 bits per heavy atom. The Balaban J connectivity index is 2.15. The molecule has 0 saturated heterocycles. The Labute approximate surface area is 114 Å². The summed E-state index contributed by atoms with van der Waals surface area (Å²) in [6.07, 6.45) is 4.51. The van der Waals surface area contributed by atoms with E-state index in [1.54, 1.807) is 7.11 Å². The summed E-state index contributed by atoms with van der Waals surface area (Å²) in [4.78, 5) is 11.5. The molecule has 0 atom stereocenters. The van der Waals surface area contributed by atoms with Crippen molar-refractivity contribution in [2.24, 2.45) is 5.73 Å². The largest absolute Gasteiger partial charge is 0.497 e. The summed E-state index contributed by atoms with van der Waals surface area (Å²) in [5.74, 6) is 0.665. The maximum atomic E-state index is 11.5. The minimum atomic E-state index is -0.136. The highest BCUT2D eigenvalue weighted by atomic mass is 16.5. The zero-order chi connectivity index (χ0) is 13.9. The van der Waals surface area contributed by atoms with Crippen LogP contribution in [0.5, 0.6) is 5.75 Å². The van der Waals surface area contributed by atoms with Crippen LogP contribution in [0.1, 0.15) is 37.7 Å². The number of hydrogen-bond donors (Lipinski definition) is 1. The van der Waals surface area contributed by atoms with Crippen LogP contribution in [-0.4, -0.2) is 19.6 Å². The normalized spacial score (nSPS) is 10.2. The quantitative estimate of drug-likeness (QED) is 0.551. The first-order valence-electron chi connectivity index (χ1n) is 6.75. The van der Waals surface area contributed by atoms with Crippen LogP contribution in [0.4, 0.5) is 0 Å². The summed E-state index contributed by atoms with van der Waals surface area (Å²) in [5.41, 5.74) is 6.37. The molecule has 4 heteroatoms. The third-order valence-electron chi connectivity index (χ3n) is 2.89. The molecule has 19 heavy (non-hydrogen) atoms. The highest BCUT2D eigenvalue weighted by Gasteiger charge is 2.03. The number of rotatable bonds is 9. The fourth-order valence-electron chi connectivity index (χ4n) is 1.72. The minimum absolute atomic E-state index is 0.136. The molecular formula is C15H23NO3. The Bertz CT molecular complexity index is 362. The lowest BCUT2D eigenvalue weighted by molar-refractivity contribution is -0.145. The van der Waals surface area contributed by atoms with Crippen molar-refractivity contribution in [1.82, 2.24) is 0 Å². The van der Waals surface area contributed by atoms with Crippen molar-refractivity contribution in [3.8, 4) is 5.75 Å². The van der Waals surface area contributed by atoms with E-state index in [9.17, 15) is 4.79 Å². The number of methoxy groups -OCH3 is 1. The lowest BCUT2D eigenvalue weighted by Gasteiger charge is -2.06. The first-order chi connectivity index (χ1) is 9.26. The van der Waals surface area contributed by atoms with Crippen molar-refractivity contribution in [2.75, 3.05) is 13.7 Å². The number of benzene rings is 1. The fourth-order valence-corrected chi connectivity index (χ4v) is 1.72. The van der Waals surface area contributed by atoms with E-state index in [1.807, 2.05) is 24.3 Å². The van der Waals surface area contributed by atoms with Crippen molar-refractivity contribution in [3.63, 3.8) is 0 Å². The second-order valence-corrected chi connectivity index (χ2v) is 4.46. The van der Waals surface area contributed by atoms with Crippen LogP contribution in [0.3, 0.4) is 0 Å². The van der Waals surface area contributed by atoms with E-state index in [0.29, 0.717) is 13.0 Å². The van der Waals surface area contributed by atoms with Crippen LogP contribution >= 0.6 is 0 Å². The topological polar surface area (TPSA) is 61.5 Å². The molecule has 0 heterocycles. The van der Waals surface area contributed by atoms with Crippen LogP contribution in [0.25, 0.3) is 0 Å². The number of carbonyl (C=O) groups excluding carboxylic acids is 1. The van der Waals surface area contributed by atoms with Crippen molar-refractivity contribution < 1.29 is 14.3 Å². The van der Waals surface area contributed by atoms with Gasteiger partial charge in [-0.25, -0.2) is 0 Å². The molecule has 0 aromatic heterocycles. The molecular weight excluding hydrogens is 242 g/mol. The zero-order valence-corrected chi connectivity index (χ0v) is 11.6. The monoisotopic (exact) mass is 265 g/mol. The second-order valence-electron chi connectivity index (χ2n) is 4.46. The Morgan fingerprint density at radius 2 is 1.79 bits per heavy atom. The number of ether oxygens (including phenoxy) is 2. The molecule has 4 nitrogen and oxygen atoms in total. The molecule has 0 aliphatic rings. The van der Waals surface area contributed by atoms with E-state index >= 15 is 0 Å². The summed E-state index contributed by atoms with van der Waals surface area (Å²) >= 11 is 0. The summed E-state index contributed by atoms with van der Waals surface area (Å²) in [5, 5.41) is 0. The van der Waals surface area contributed by atoms with E-state index in [1.165, 1.54) is 0 Å². The number of unbranched alkanes of at least 4 members (excludes halogenated alkanes) is 3. The molecule has 0 amide bonds. The lowest BCUT2D eigenvalue weighted by Crippen LogP contribution is -2.04. The van der Waals surface area contributed by atoms with E-state index in [2.05, 4.69) is 0 Å². The number of esters is 1. The Morgan fingerprint density at radius 1 is 1.11 bits per heavy atom. The second kappa shape index (κ2) is 9.39. The Hall–Kier alpha value is -1.55. The number of hydrogen-bond acceptors (Lipinski definition) is 4. The van der Waals surface area contributed by atoms with Crippen LogP contribution in [0.15, 0.2) is 24.3 Å². The van der Waals surface area contributed by atoms with Gasteiger partial charge in [-0.2, -0.15) is 0 Å². The summed E-state index contributed by atoms with van der Waals surface area (Å²) < 4.78 is 10.3. The highest BCUT2D eigenvalue weighted by Crippen LogP contribution is 2.12. The van der Waals surface area contributed by atoms with Gasteiger partial charge in [-0.3, -0.25) is 4.79 Å². The minimum Gasteiger partial charge on any atom is -0.497 e. The molecule has 0 aliphatic carbocycles. The average Bonchev–Trinajstić information content (AvgIpc) is 2.45. The van der Waals surface area contributed by atoms with Crippen LogP contribution in [0, 0.1) is 0 Å². The van der Waals surface area contributed by atoms with Crippen molar-refractivity contribution in [1.29, 1.82) is 0 Å². The van der Waals surface area contributed by atoms with Crippen LogP contribution < -0.4 is 10.5 Å². The molecule has 2 N–H and O–H groups in total. The number of carbonyl (C=O) groups is 1. The van der Waals surface area contributed by atoms with Gasteiger partial charge in [-0.15, -0.1) is 0 Å². The highest BCUT2D eigenvalue weighted by molar-refractivity contribution is 5.69. The van der Waals surface area contributed by atoms with Gasteiger partial charge >= 0.3 is 5.97 Å². The van der Waals surface area contributed by atoms with Gasteiger partial charge < -0.3 is 15.2 Å². The SMILES string of the molecule is COc1ccc(COC(=O)CCCCCCN)cc1. The van der Waals surface area contributed by atoms with Crippen molar-refractivity contribution in [2.45, 2.75) is 38.7 Å². The lowest BCUT2D eigenvalue weighted by atomic mass is 10.1. The van der Waals surface area contributed by atoms with E-state index in [0.717, 1.165) is 43.5 Å². The molecule has 0 fully saturated rings. The van der Waals surface area contributed by atoms with E-state index < -0.39 is 0 Å². The van der Waals surface area contributed by atoms with Gasteiger partial charge in [0.2, 0.25) is 0 Å². The van der Waals surface area contributed by atoms with Gasteiger partial charge in [-0.1, -0.05) is 25.0 Å². The molecule has 106 valence electrons. The molecule has 1 rings (SSSR count). The van der Waals surface area contributed by atoms with Gasteiger partial charge in [-0.05, 0) is 37.1 Å². The first kappa shape index (κ1) is 15.5. The maximum absolute atomic E-state index is 11.5. The van der Waals surface area contributed by atoms with Gasteiger partial charge in [0, 0.05) is 6.42 Å². The van der Waals surface area contributed by atoms with Crippen molar-refractivity contribution >= 4 is 5.97 Å². The predicted molar refractivity (Wildman–Crippen MR) is 74.9 cm³/mol. The van der Waals surface area contributed by atoms with Gasteiger partial charge in [0.05, 0.1) is 7.11 Å². The van der Waals surface area contributed by atoms with E-state index in [-0.39, 0.29) is 5.97 Å². The first-order valence-corrected chi connectivity index (χ1v) is 6.75. The van der Waals surface area contributed by atoms with E-state index in [4.69, 9.17) is 15.2 Å². The third kappa shape index (κ3) is 6.82. The molecule has 0 radical (unpaired) electrons. The molecule has 0 bridgehead atoms. The molecule has 0 spiro atoms. The predicted octanol–water partition coefficient (Wildman–Crippen LogP) is 2.65. The third-order valence-corrected chi connectivity index (χ3v) is 2.89. The zero-order valence-electron chi connectivity index (χ0n) is 11.6. The van der Waals surface area contributed by atoms with Gasteiger partial charge in [0.25, 0.3) is 0 Å². The fraction of sp³-hybridized carbons (Fsp3) is 0.533. The van der Waals surface area contributed by atoms with Gasteiger partial charge in [0.15, 0.2) is 0 Å². The smallest absolute Gasteiger partial charge is 0.306 e. The number of nitrogens with two attached hydrogens (primary N) is 1. The summed E-state index contributed by atoms with van der Waals surface area (Å²) in [7, 11) is 1.62. The molecule has 1 aromatic rings. The van der Waals surface area contributed by atoms with Crippen LogP contribution in [0.2, 0.25) is 0 Å². The summed E-state index contributed by atoms with van der Waals surface area (Å²) in [6, 6.07) is 7.51. The summed E-state index contributed by atoms with van der Waals surface area (Å²) in [6.45, 7) is 1.05.